The van der Waals surface area contributed by atoms with Crippen LogP contribution in [0.25, 0.3) is 82.5 Å². The molecule has 8 rings (SSSR count). The van der Waals surface area contributed by atoms with E-state index in [9.17, 15) is 10.5 Å². The molecule has 0 spiro atoms. The van der Waals surface area contributed by atoms with Crippen LogP contribution in [0.4, 0.5) is 11.4 Å². The molecule has 0 radical (unpaired) electrons. The van der Waals surface area contributed by atoms with Crippen LogP contribution >= 0.6 is 0 Å². The van der Waals surface area contributed by atoms with Crippen molar-refractivity contribution in [2.75, 3.05) is 0 Å². The third-order valence-electron chi connectivity index (χ3n) is 8.80. The molecule has 6 aromatic carbocycles. The number of rotatable bonds is 5. The van der Waals surface area contributed by atoms with Gasteiger partial charge in [0.25, 0.3) is 0 Å². The lowest BCUT2D eigenvalue weighted by Crippen LogP contribution is -2.06. The highest BCUT2D eigenvalue weighted by Crippen LogP contribution is 2.42. The molecule has 0 amide bonds. The number of nitrogens with zero attached hydrogens (tertiary/aromatic N) is 8. The molecular formula is C43H22N8. The smallest absolute Gasteiger partial charge is 0.238 e. The van der Waals surface area contributed by atoms with Crippen molar-refractivity contribution in [2.24, 2.45) is 0 Å². The summed E-state index contributed by atoms with van der Waals surface area (Å²) in [6.07, 6.45) is 0. The van der Waals surface area contributed by atoms with Crippen LogP contribution in [0, 0.1) is 35.8 Å². The second kappa shape index (κ2) is 12.6. The van der Waals surface area contributed by atoms with E-state index in [1.165, 1.54) is 0 Å². The summed E-state index contributed by atoms with van der Waals surface area (Å²) in [6, 6.07) is 45.9. The molecule has 8 nitrogen and oxygen atoms in total. The fourth-order valence-electron chi connectivity index (χ4n) is 6.50. The Hall–Kier alpha value is -7.91. The molecule has 0 aliphatic rings. The number of hydrogen-bond donors (Lipinski definition) is 0. The van der Waals surface area contributed by atoms with Crippen molar-refractivity contribution < 1.29 is 0 Å². The minimum atomic E-state index is 0.356. The molecule has 0 unspecified atom stereocenters. The fourth-order valence-corrected chi connectivity index (χ4v) is 6.50. The van der Waals surface area contributed by atoms with Gasteiger partial charge in [-0.05, 0) is 41.0 Å². The number of aromatic nitrogens is 4. The minimum Gasteiger partial charge on any atom is -0.278 e. The molecule has 0 aliphatic carbocycles. The molecule has 2 heterocycles. The van der Waals surface area contributed by atoms with Crippen molar-refractivity contribution in [1.29, 1.82) is 10.5 Å². The number of hydrogen-bond acceptors (Lipinski definition) is 5. The molecule has 0 atom stereocenters. The first kappa shape index (κ1) is 30.4. The zero-order valence-corrected chi connectivity index (χ0v) is 26.8. The third-order valence-corrected chi connectivity index (χ3v) is 8.80. The van der Waals surface area contributed by atoms with Gasteiger partial charge in [0.05, 0.1) is 47.4 Å². The minimum absolute atomic E-state index is 0.356. The maximum absolute atomic E-state index is 10.0. The van der Waals surface area contributed by atoms with E-state index in [0.29, 0.717) is 62.4 Å². The summed E-state index contributed by atoms with van der Waals surface area (Å²) in [6.45, 7) is 15.7. The molecule has 0 aliphatic heterocycles. The fraction of sp³-hybridized carbons (Fsp3) is 0. The average Bonchev–Trinajstić information content (AvgIpc) is 3.53. The van der Waals surface area contributed by atoms with Crippen LogP contribution in [0.5, 0.6) is 0 Å². The molecule has 8 aromatic rings. The molecule has 0 saturated carbocycles. The largest absolute Gasteiger partial charge is 0.278 e. The van der Waals surface area contributed by atoms with Crippen LogP contribution in [0.1, 0.15) is 11.1 Å². The van der Waals surface area contributed by atoms with Crippen LogP contribution in [0.3, 0.4) is 0 Å². The summed E-state index contributed by atoms with van der Waals surface area (Å²) in [4.78, 5) is 22.5. The molecule has 51 heavy (non-hydrogen) atoms. The first-order valence-corrected chi connectivity index (χ1v) is 15.9. The van der Waals surface area contributed by atoms with Crippen LogP contribution in [0.15, 0.2) is 133 Å². The normalized spacial score (nSPS) is 10.7. The van der Waals surface area contributed by atoms with Crippen LogP contribution in [-0.4, -0.2) is 19.5 Å². The number of benzene rings is 6. The highest BCUT2D eigenvalue weighted by atomic mass is 15.2. The SMILES string of the molecule is [C-]#[N+]c1cccc([N+]#[C-])c1-c1ccc2c3ccc(-c4c(C#N)cccc4C#N)cc3n(-c3nc(-c4ccccc4)nc(-c4ccccc4)n3)c2c1. The van der Waals surface area contributed by atoms with Crippen molar-refractivity contribution >= 4 is 33.2 Å². The lowest BCUT2D eigenvalue weighted by Gasteiger charge is -2.13. The topological polar surface area (TPSA) is 99.9 Å². The standard InChI is InChI=1S/C43H22N8/c1-46-35-17-10-18-36(47-2)40(35)30-20-22-34-33-21-19-29(39-31(25-44)15-9-16-32(39)26-45)23-37(33)51(38(34)24-30)43-49-41(27-11-5-3-6-12-27)48-42(50-43)28-13-7-4-8-14-28/h3-24H. The van der Waals surface area contributed by atoms with Crippen molar-refractivity contribution in [1.82, 2.24) is 19.5 Å². The van der Waals surface area contributed by atoms with E-state index < -0.39 is 0 Å². The van der Waals surface area contributed by atoms with Gasteiger partial charge in [0.1, 0.15) is 0 Å². The van der Waals surface area contributed by atoms with E-state index in [0.717, 1.165) is 32.9 Å². The van der Waals surface area contributed by atoms with Crippen molar-refractivity contribution in [2.45, 2.75) is 0 Å². The Kier molecular flexibility index (Phi) is 7.52. The Bertz CT molecular complexity index is 2590. The third kappa shape index (κ3) is 5.20. The van der Waals surface area contributed by atoms with Gasteiger partial charge in [0.15, 0.2) is 23.0 Å². The van der Waals surface area contributed by atoms with E-state index in [4.69, 9.17) is 28.1 Å². The molecular weight excluding hydrogens is 629 g/mol. The number of nitriles is 2. The highest BCUT2D eigenvalue weighted by molar-refractivity contribution is 6.11. The van der Waals surface area contributed by atoms with Crippen molar-refractivity contribution in [3.05, 3.63) is 167 Å². The molecule has 234 valence electrons. The van der Waals surface area contributed by atoms with Gasteiger partial charge < -0.3 is 0 Å². The maximum atomic E-state index is 10.0. The van der Waals surface area contributed by atoms with Gasteiger partial charge in [-0.3, -0.25) is 4.57 Å². The summed E-state index contributed by atoms with van der Waals surface area (Å²) in [5.41, 5.74) is 7.13. The predicted octanol–water partition coefficient (Wildman–Crippen LogP) is 10.5. The Morgan fingerprint density at radius 1 is 0.490 bits per heavy atom. The molecule has 0 fully saturated rings. The van der Waals surface area contributed by atoms with Crippen LogP contribution in [-0.2, 0) is 0 Å². The predicted molar refractivity (Wildman–Crippen MR) is 198 cm³/mol. The van der Waals surface area contributed by atoms with Gasteiger partial charge >= 0.3 is 0 Å². The molecule has 8 heteroatoms. The Balaban J connectivity index is 1.50. The van der Waals surface area contributed by atoms with Gasteiger partial charge in [0.2, 0.25) is 5.95 Å². The Morgan fingerprint density at radius 2 is 0.961 bits per heavy atom. The maximum Gasteiger partial charge on any atom is 0.238 e. The van der Waals surface area contributed by atoms with Gasteiger partial charge in [-0.2, -0.15) is 20.5 Å². The quantitative estimate of drug-likeness (QED) is 0.173. The van der Waals surface area contributed by atoms with Gasteiger partial charge in [-0.25, -0.2) is 14.7 Å². The monoisotopic (exact) mass is 650 g/mol. The zero-order valence-electron chi connectivity index (χ0n) is 26.8. The second-order valence-electron chi connectivity index (χ2n) is 11.7. The summed E-state index contributed by atoms with van der Waals surface area (Å²) in [5.74, 6) is 1.32. The van der Waals surface area contributed by atoms with Gasteiger partial charge in [-0.1, -0.05) is 109 Å². The van der Waals surface area contributed by atoms with Gasteiger partial charge in [-0.15, -0.1) is 0 Å². The summed E-state index contributed by atoms with van der Waals surface area (Å²) in [7, 11) is 0. The van der Waals surface area contributed by atoms with E-state index in [1.54, 1.807) is 36.4 Å². The van der Waals surface area contributed by atoms with E-state index in [2.05, 4.69) is 21.8 Å². The van der Waals surface area contributed by atoms with Crippen LogP contribution in [0.2, 0.25) is 0 Å². The van der Waals surface area contributed by atoms with E-state index in [1.807, 2.05) is 102 Å². The molecule has 2 aromatic heterocycles. The molecule has 0 bridgehead atoms. The molecule has 0 saturated heterocycles. The van der Waals surface area contributed by atoms with Crippen LogP contribution < -0.4 is 0 Å². The lowest BCUT2D eigenvalue weighted by atomic mass is 9.94. The number of fused-ring (bicyclic) bond motifs is 3. The lowest BCUT2D eigenvalue weighted by molar-refractivity contribution is 0.953. The van der Waals surface area contributed by atoms with E-state index >= 15 is 0 Å². The summed E-state index contributed by atoms with van der Waals surface area (Å²) >= 11 is 0. The average molecular weight is 651 g/mol. The second-order valence-corrected chi connectivity index (χ2v) is 11.7. The Morgan fingerprint density at radius 3 is 1.43 bits per heavy atom. The first-order chi connectivity index (χ1) is 25.1. The summed E-state index contributed by atoms with van der Waals surface area (Å²) in [5, 5.41) is 21.8. The van der Waals surface area contributed by atoms with Gasteiger partial charge in [0, 0.05) is 27.5 Å². The summed E-state index contributed by atoms with van der Waals surface area (Å²) < 4.78 is 1.96. The molecule has 0 N–H and O–H groups in total. The Labute approximate surface area is 293 Å². The zero-order chi connectivity index (χ0) is 34.9. The van der Waals surface area contributed by atoms with Crippen molar-refractivity contribution in [3.8, 4) is 63.1 Å². The van der Waals surface area contributed by atoms with E-state index in [-0.39, 0.29) is 0 Å². The highest BCUT2D eigenvalue weighted by Gasteiger charge is 2.21. The van der Waals surface area contributed by atoms with Crippen molar-refractivity contribution in [3.63, 3.8) is 0 Å². The first-order valence-electron chi connectivity index (χ1n) is 15.9.